The van der Waals surface area contributed by atoms with E-state index in [0.29, 0.717) is 28.6 Å². The van der Waals surface area contributed by atoms with Gasteiger partial charge < -0.3 is 9.88 Å². The van der Waals surface area contributed by atoms with Gasteiger partial charge in [-0.25, -0.2) is 9.97 Å². The van der Waals surface area contributed by atoms with Crippen molar-refractivity contribution in [2.75, 3.05) is 6.54 Å². The van der Waals surface area contributed by atoms with Crippen LogP contribution in [0.3, 0.4) is 0 Å². The summed E-state index contributed by atoms with van der Waals surface area (Å²) < 4.78 is 0. The Morgan fingerprint density at radius 2 is 2.25 bits per heavy atom. The number of nitrogens with one attached hydrogen (secondary N) is 1. The van der Waals surface area contributed by atoms with Gasteiger partial charge in [-0.2, -0.15) is 0 Å². The van der Waals surface area contributed by atoms with Crippen molar-refractivity contribution >= 4 is 28.7 Å². The van der Waals surface area contributed by atoms with E-state index in [-0.39, 0.29) is 11.9 Å². The number of hydrogen-bond donors (Lipinski definition) is 1. The van der Waals surface area contributed by atoms with E-state index in [1.165, 1.54) is 0 Å². The van der Waals surface area contributed by atoms with Crippen LogP contribution in [0.25, 0.3) is 11.2 Å². The molecule has 6 nitrogen and oxygen atoms in total. The Morgan fingerprint density at radius 1 is 1.42 bits per heavy atom. The van der Waals surface area contributed by atoms with Crippen molar-refractivity contribution in [3.8, 4) is 0 Å². The Hall–Kier alpha value is -2.47. The molecule has 0 radical (unpaired) electrons. The molecule has 3 aromatic heterocycles. The lowest BCUT2D eigenvalue weighted by atomic mass is 9.98. The third-order valence-electron chi connectivity index (χ3n) is 4.60. The number of nitrogens with zero attached hydrogens (tertiary/aromatic N) is 4. The summed E-state index contributed by atoms with van der Waals surface area (Å²) in [6.07, 6.45) is 4.10. The van der Waals surface area contributed by atoms with E-state index in [1.54, 1.807) is 12.4 Å². The number of imidazole rings is 1. The first kappa shape index (κ1) is 15.1. The van der Waals surface area contributed by atoms with Crippen LogP contribution in [0.4, 0.5) is 0 Å². The Balaban J connectivity index is 1.71. The molecule has 24 heavy (non-hydrogen) atoms. The van der Waals surface area contributed by atoms with E-state index in [0.717, 1.165) is 23.2 Å². The minimum atomic E-state index is -0.134. The number of carbonyl (C=O) groups is 1. The summed E-state index contributed by atoms with van der Waals surface area (Å²) in [5.41, 5.74) is 4.18. The van der Waals surface area contributed by atoms with Crippen LogP contribution in [0.15, 0.2) is 24.5 Å². The second-order valence-electron chi connectivity index (χ2n) is 5.98. The smallest absolute Gasteiger partial charge is 0.290 e. The predicted molar refractivity (Wildman–Crippen MR) is 91.0 cm³/mol. The molecule has 3 aromatic rings. The Labute approximate surface area is 143 Å². The number of aromatic nitrogens is 4. The van der Waals surface area contributed by atoms with Crippen LogP contribution in [0, 0.1) is 6.92 Å². The van der Waals surface area contributed by atoms with Gasteiger partial charge in [0.25, 0.3) is 5.91 Å². The maximum Gasteiger partial charge on any atom is 0.290 e. The van der Waals surface area contributed by atoms with Gasteiger partial charge in [0.05, 0.1) is 11.1 Å². The second-order valence-corrected chi connectivity index (χ2v) is 6.38. The first-order chi connectivity index (χ1) is 11.6. The molecular weight excluding hydrogens is 326 g/mol. The summed E-state index contributed by atoms with van der Waals surface area (Å²) in [4.78, 5) is 30.8. The fraction of sp³-hybridized carbons (Fsp3) is 0.294. The molecule has 7 heteroatoms. The molecule has 0 saturated carbocycles. The first-order valence-electron chi connectivity index (χ1n) is 7.82. The zero-order chi connectivity index (χ0) is 16.8. The Kier molecular flexibility index (Phi) is 3.49. The van der Waals surface area contributed by atoms with Crippen LogP contribution < -0.4 is 0 Å². The van der Waals surface area contributed by atoms with Crippen molar-refractivity contribution < 1.29 is 4.79 Å². The van der Waals surface area contributed by atoms with Gasteiger partial charge >= 0.3 is 0 Å². The summed E-state index contributed by atoms with van der Waals surface area (Å²) in [5, 5.41) is 0.541. The van der Waals surface area contributed by atoms with E-state index in [9.17, 15) is 4.79 Å². The molecule has 1 atom stereocenters. The monoisotopic (exact) mass is 341 g/mol. The molecule has 0 fully saturated rings. The van der Waals surface area contributed by atoms with Gasteiger partial charge in [-0.3, -0.25) is 9.78 Å². The zero-order valence-corrected chi connectivity index (χ0v) is 14.1. The van der Waals surface area contributed by atoms with Crippen LogP contribution in [0.5, 0.6) is 0 Å². The van der Waals surface area contributed by atoms with E-state index in [2.05, 4.69) is 19.9 Å². The molecule has 122 valence electrons. The number of pyridine rings is 2. The largest absolute Gasteiger partial charge is 0.329 e. The number of rotatable bonds is 1. The summed E-state index contributed by atoms with van der Waals surface area (Å²) in [7, 11) is 0. The number of aryl methyl sites for hydroxylation is 1. The predicted octanol–water partition coefficient (Wildman–Crippen LogP) is 3.07. The SMILES string of the molecule is Cc1c(Cl)cnc2[nH]c(C(=O)N3CCc4ncccc4[C@H]3C)nc12. The van der Waals surface area contributed by atoms with Gasteiger partial charge in [-0.05, 0) is 31.0 Å². The molecule has 0 aliphatic carbocycles. The summed E-state index contributed by atoms with van der Waals surface area (Å²) in [5.74, 6) is 0.160. The number of amides is 1. The summed E-state index contributed by atoms with van der Waals surface area (Å²) in [6, 6.07) is 3.89. The highest BCUT2D eigenvalue weighted by atomic mass is 35.5. The standard InChI is InChI=1S/C17H16ClN5O/c1-9-12(18)8-20-15-14(9)21-16(22-15)17(24)23-7-5-13-11(10(23)2)4-3-6-19-13/h3-4,6,8,10H,5,7H2,1-2H3,(H,20,21,22)/t10-/m1/s1. The molecule has 1 amide bonds. The van der Waals surface area contributed by atoms with Gasteiger partial charge in [0.2, 0.25) is 0 Å². The molecule has 1 aliphatic rings. The topological polar surface area (TPSA) is 74.8 Å². The lowest BCUT2D eigenvalue weighted by Gasteiger charge is -2.34. The van der Waals surface area contributed by atoms with E-state index < -0.39 is 0 Å². The lowest BCUT2D eigenvalue weighted by molar-refractivity contribution is 0.0665. The average Bonchev–Trinajstić information content (AvgIpc) is 3.03. The molecule has 1 aliphatic heterocycles. The third kappa shape index (κ3) is 2.26. The van der Waals surface area contributed by atoms with Crippen molar-refractivity contribution in [2.24, 2.45) is 0 Å². The van der Waals surface area contributed by atoms with Crippen LogP contribution in [-0.2, 0) is 6.42 Å². The molecule has 4 rings (SSSR count). The fourth-order valence-corrected chi connectivity index (χ4v) is 3.33. The van der Waals surface area contributed by atoms with E-state index >= 15 is 0 Å². The number of fused-ring (bicyclic) bond motifs is 2. The van der Waals surface area contributed by atoms with Crippen LogP contribution >= 0.6 is 11.6 Å². The molecular formula is C17H16ClN5O. The summed E-state index contributed by atoms with van der Waals surface area (Å²) in [6.45, 7) is 4.50. The number of aromatic amines is 1. The van der Waals surface area contributed by atoms with Gasteiger partial charge in [0.1, 0.15) is 5.52 Å². The summed E-state index contributed by atoms with van der Waals surface area (Å²) >= 11 is 6.09. The number of carbonyl (C=O) groups excluding carboxylic acids is 1. The Morgan fingerprint density at radius 3 is 3.08 bits per heavy atom. The average molecular weight is 342 g/mol. The van der Waals surface area contributed by atoms with E-state index in [4.69, 9.17) is 11.6 Å². The Bertz CT molecular complexity index is 951. The number of halogens is 1. The number of H-pyrrole nitrogens is 1. The normalized spacial score (nSPS) is 17.1. The van der Waals surface area contributed by atoms with Crippen molar-refractivity contribution in [2.45, 2.75) is 26.3 Å². The minimum Gasteiger partial charge on any atom is -0.329 e. The molecule has 4 heterocycles. The molecule has 0 saturated heterocycles. The fourth-order valence-electron chi connectivity index (χ4n) is 3.19. The van der Waals surface area contributed by atoms with Crippen LogP contribution in [0.2, 0.25) is 5.02 Å². The quantitative estimate of drug-likeness (QED) is 0.738. The van der Waals surface area contributed by atoms with E-state index in [1.807, 2.05) is 30.9 Å². The third-order valence-corrected chi connectivity index (χ3v) is 4.98. The zero-order valence-electron chi connectivity index (χ0n) is 13.4. The van der Waals surface area contributed by atoms with Crippen LogP contribution in [0.1, 0.15) is 40.4 Å². The highest BCUT2D eigenvalue weighted by Gasteiger charge is 2.30. The highest BCUT2D eigenvalue weighted by molar-refractivity contribution is 6.31. The highest BCUT2D eigenvalue weighted by Crippen LogP contribution is 2.29. The van der Waals surface area contributed by atoms with Crippen molar-refractivity contribution in [3.05, 3.63) is 52.2 Å². The van der Waals surface area contributed by atoms with Gasteiger partial charge in [0.15, 0.2) is 11.5 Å². The van der Waals surface area contributed by atoms with Gasteiger partial charge in [0, 0.05) is 31.1 Å². The lowest BCUT2D eigenvalue weighted by Crippen LogP contribution is -2.39. The molecule has 0 unspecified atom stereocenters. The van der Waals surface area contributed by atoms with Crippen LogP contribution in [-0.4, -0.2) is 37.3 Å². The second kappa shape index (κ2) is 5.56. The van der Waals surface area contributed by atoms with Gasteiger partial charge in [-0.1, -0.05) is 17.7 Å². The maximum atomic E-state index is 12.9. The maximum absolute atomic E-state index is 12.9. The molecule has 1 N–H and O–H groups in total. The first-order valence-corrected chi connectivity index (χ1v) is 8.19. The minimum absolute atomic E-state index is 0.0409. The molecule has 0 bridgehead atoms. The number of hydrogen-bond acceptors (Lipinski definition) is 4. The van der Waals surface area contributed by atoms with Crippen molar-refractivity contribution in [1.29, 1.82) is 0 Å². The van der Waals surface area contributed by atoms with Crippen molar-refractivity contribution in [1.82, 2.24) is 24.8 Å². The molecule has 0 spiro atoms. The van der Waals surface area contributed by atoms with Gasteiger partial charge in [-0.15, -0.1) is 0 Å². The molecule has 0 aromatic carbocycles. The van der Waals surface area contributed by atoms with Crippen molar-refractivity contribution in [3.63, 3.8) is 0 Å².